The molecule has 3 N–H and O–H groups in total. The van der Waals surface area contributed by atoms with Gasteiger partial charge in [-0.15, -0.1) is 0 Å². The molecule has 0 aliphatic rings. The topological polar surface area (TPSA) is 94.0 Å². The van der Waals surface area contributed by atoms with Crippen LogP contribution in [0.1, 0.15) is 0 Å². The van der Waals surface area contributed by atoms with E-state index in [1.165, 1.54) is 17.2 Å². The molecule has 0 saturated heterocycles. The molecular formula is C5H8N4O2. The second-order valence-electron chi connectivity index (χ2n) is 2.03. The number of carbonyl (C=O) groups is 1. The van der Waals surface area contributed by atoms with Crippen LogP contribution in [0.3, 0.4) is 0 Å². The molecule has 1 atom stereocenters. The van der Waals surface area contributed by atoms with Crippen molar-refractivity contribution in [3.63, 3.8) is 0 Å². The Hall–Kier alpha value is -1.43. The molecule has 0 aromatic carbocycles. The molecule has 0 spiro atoms. The van der Waals surface area contributed by atoms with E-state index in [1.54, 1.807) is 0 Å². The van der Waals surface area contributed by atoms with Crippen molar-refractivity contribution in [2.75, 3.05) is 0 Å². The Labute approximate surface area is 62.6 Å². The number of carboxylic acid groups (broad SMARTS) is 1. The summed E-state index contributed by atoms with van der Waals surface area (Å²) in [6.07, 6.45) is 2.93. The van der Waals surface area contributed by atoms with Gasteiger partial charge in [0.2, 0.25) is 0 Å². The maximum Gasteiger partial charge on any atom is 0.322 e. The van der Waals surface area contributed by atoms with E-state index in [1.807, 2.05) is 0 Å². The smallest absolute Gasteiger partial charge is 0.322 e. The Morgan fingerprint density at radius 3 is 2.64 bits per heavy atom. The minimum absolute atomic E-state index is 0.0995. The second kappa shape index (κ2) is 3.11. The Kier molecular flexibility index (Phi) is 2.17. The molecule has 0 aliphatic carbocycles. The lowest BCUT2D eigenvalue weighted by molar-refractivity contribution is -0.138. The summed E-state index contributed by atoms with van der Waals surface area (Å²) in [6.45, 7) is 0.0995. The van der Waals surface area contributed by atoms with Crippen LogP contribution in [0.25, 0.3) is 0 Å². The highest BCUT2D eigenvalue weighted by atomic mass is 16.4. The first-order valence-electron chi connectivity index (χ1n) is 3.02. The van der Waals surface area contributed by atoms with E-state index in [0.29, 0.717) is 0 Å². The van der Waals surface area contributed by atoms with Crippen LogP contribution < -0.4 is 5.73 Å². The lowest BCUT2D eigenvalue weighted by atomic mass is 10.3. The van der Waals surface area contributed by atoms with E-state index in [9.17, 15) is 4.79 Å². The fourth-order valence-electron chi connectivity index (χ4n) is 0.592. The molecule has 1 rings (SSSR count). The molecule has 6 heteroatoms. The lowest BCUT2D eigenvalue weighted by Crippen LogP contribution is -2.35. The molecule has 0 unspecified atom stereocenters. The normalized spacial score (nSPS) is 12.8. The zero-order chi connectivity index (χ0) is 8.27. The molecule has 1 aromatic rings. The van der Waals surface area contributed by atoms with E-state index in [0.717, 1.165) is 0 Å². The van der Waals surface area contributed by atoms with Crippen LogP contribution in [-0.4, -0.2) is 32.1 Å². The van der Waals surface area contributed by atoms with E-state index in [4.69, 9.17) is 10.8 Å². The van der Waals surface area contributed by atoms with Crippen LogP contribution in [0.5, 0.6) is 0 Å². The standard InChI is InChI=1S/C5H8N4O2/c6-4(5(10)11)3-9-7-1-2-8-9/h1-2,4H,3,6H2,(H,10,11)/t4-/m0/s1. The summed E-state index contributed by atoms with van der Waals surface area (Å²) in [4.78, 5) is 11.5. The Balaban J connectivity index is 2.50. The third-order valence-electron chi connectivity index (χ3n) is 1.14. The Bertz CT molecular complexity index is 233. The summed E-state index contributed by atoms with van der Waals surface area (Å²) >= 11 is 0. The van der Waals surface area contributed by atoms with Gasteiger partial charge in [0.15, 0.2) is 0 Å². The Morgan fingerprint density at radius 1 is 1.64 bits per heavy atom. The fraction of sp³-hybridized carbons (Fsp3) is 0.400. The van der Waals surface area contributed by atoms with Crippen LogP contribution in [-0.2, 0) is 11.3 Å². The first-order chi connectivity index (χ1) is 5.20. The quantitative estimate of drug-likeness (QED) is 0.566. The zero-order valence-corrected chi connectivity index (χ0v) is 5.71. The summed E-state index contributed by atoms with van der Waals surface area (Å²) in [5.41, 5.74) is 5.21. The molecule has 0 saturated carbocycles. The van der Waals surface area contributed by atoms with Gasteiger partial charge in [0.05, 0.1) is 18.9 Å². The molecule has 60 valence electrons. The zero-order valence-electron chi connectivity index (χ0n) is 5.71. The maximum absolute atomic E-state index is 10.2. The predicted molar refractivity (Wildman–Crippen MR) is 35.6 cm³/mol. The molecule has 6 nitrogen and oxygen atoms in total. The molecule has 0 radical (unpaired) electrons. The van der Waals surface area contributed by atoms with Crippen molar-refractivity contribution in [2.45, 2.75) is 12.6 Å². The number of nitrogens with zero attached hydrogens (tertiary/aromatic N) is 3. The van der Waals surface area contributed by atoms with Crippen LogP contribution in [0.4, 0.5) is 0 Å². The van der Waals surface area contributed by atoms with E-state index < -0.39 is 12.0 Å². The first-order valence-corrected chi connectivity index (χ1v) is 3.02. The molecule has 1 aromatic heterocycles. The van der Waals surface area contributed by atoms with Crippen LogP contribution in [0.2, 0.25) is 0 Å². The van der Waals surface area contributed by atoms with Gasteiger partial charge in [0.25, 0.3) is 0 Å². The van der Waals surface area contributed by atoms with Gasteiger partial charge >= 0.3 is 5.97 Å². The minimum atomic E-state index is -1.05. The minimum Gasteiger partial charge on any atom is -0.480 e. The monoisotopic (exact) mass is 156 g/mol. The van der Waals surface area contributed by atoms with Gasteiger partial charge in [-0.3, -0.25) is 4.79 Å². The summed E-state index contributed by atoms with van der Waals surface area (Å²) in [7, 11) is 0. The molecule has 0 aliphatic heterocycles. The van der Waals surface area contributed by atoms with Gasteiger partial charge in [-0.25, -0.2) is 0 Å². The molecule has 0 amide bonds. The molecule has 0 fully saturated rings. The number of aromatic nitrogens is 3. The molecule has 0 bridgehead atoms. The molecule has 11 heavy (non-hydrogen) atoms. The molecule has 1 heterocycles. The van der Waals surface area contributed by atoms with Crippen molar-refractivity contribution in [3.05, 3.63) is 12.4 Å². The van der Waals surface area contributed by atoms with Crippen LogP contribution in [0.15, 0.2) is 12.4 Å². The van der Waals surface area contributed by atoms with Gasteiger partial charge in [0.1, 0.15) is 6.04 Å². The van der Waals surface area contributed by atoms with E-state index in [-0.39, 0.29) is 6.54 Å². The predicted octanol–water partition coefficient (Wildman–Crippen LogP) is -1.31. The Morgan fingerprint density at radius 2 is 2.18 bits per heavy atom. The van der Waals surface area contributed by atoms with Crippen molar-refractivity contribution in [2.24, 2.45) is 5.73 Å². The van der Waals surface area contributed by atoms with Crippen LogP contribution >= 0.6 is 0 Å². The summed E-state index contributed by atoms with van der Waals surface area (Å²) in [5.74, 6) is -1.05. The van der Waals surface area contributed by atoms with Gasteiger partial charge in [0, 0.05) is 0 Å². The van der Waals surface area contributed by atoms with Crippen molar-refractivity contribution in [3.8, 4) is 0 Å². The highest BCUT2D eigenvalue weighted by Gasteiger charge is 2.11. The van der Waals surface area contributed by atoms with Crippen molar-refractivity contribution in [1.29, 1.82) is 0 Å². The third-order valence-corrected chi connectivity index (χ3v) is 1.14. The number of hydrogen-bond donors (Lipinski definition) is 2. The third kappa shape index (κ3) is 2.01. The maximum atomic E-state index is 10.2. The van der Waals surface area contributed by atoms with Gasteiger partial charge in [-0.2, -0.15) is 15.0 Å². The highest BCUT2D eigenvalue weighted by Crippen LogP contribution is 1.84. The number of aliphatic carboxylic acids is 1. The largest absolute Gasteiger partial charge is 0.480 e. The fourth-order valence-corrected chi connectivity index (χ4v) is 0.592. The van der Waals surface area contributed by atoms with E-state index >= 15 is 0 Å². The van der Waals surface area contributed by atoms with Crippen molar-refractivity contribution >= 4 is 5.97 Å². The number of carboxylic acids is 1. The van der Waals surface area contributed by atoms with Crippen LogP contribution in [0, 0.1) is 0 Å². The van der Waals surface area contributed by atoms with Crippen molar-refractivity contribution < 1.29 is 9.90 Å². The molecular weight excluding hydrogens is 148 g/mol. The number of hydrogen-bond acceptors (Lipinski definition) is 4. The lowest BCUT2D eigenvalue weighted by Gasteiger charge is -2.03. The first kappa shape index (κ1) is 7.67. The van der Waals surface area contributed by atoms with Gasteiger partial charge in [-0.05, 0) is 0 Å². The number of rotatable bonds is 3. The van der Waals surface area contributed by atoms with Gasteiger partial charge in [-0.1, -0.05) is 0 Å². The van der Waals surface area contributed by atoms with E-state index in [2.05, 4.69) is 10.2 Å². The summed E-state index contributed by atoms with van der Waals surface area (Å²) in [5, 5.41) is 15.8. The SMILES string of the molecule is N[C@@H](Cn1nccn1)C(=O)O. The summed E-state index contributed by atoms with van der Waals surface area (Å²) in [6, 6.07) is -0.942. The van der Waals surface area contributed by atoms with Gasteiger partial charge < -0.3 is 10.8 Å². The average molecular weight is 156 g/mol. The summed E-state index contributed by atoms with van der Waals surface area (Å²) < 4.78 is 0. The highest BCUT2D eigenvalue weighted by molar-refractivity contribution is 5.72. The number of nitrogens with two attached hydrogens (primary N) is 1. The second-order valence-corrected chi connectivity index (χ2v) is 2.03. The van der Waals surface area contributed by atoms with Crippen molar-refractivity contribution in [1.82, 2.24) is 15.0 Å². The average Bonchev–Trinajstić information content (AvgIpc) is 2.39.